The van der Waals surface area contributed by atoms with Gasteiger partial charge in [-0.05, 0) is 27.2 Å². The van der Waals surface area contributed by atoms with Gasteiger partial charge in [0.2, 0.25) is 0 Å². The molecule has 1 saturated heterocycles. The summed E-state index contributed by atoms with van der Waals surface area (Å²) in [5, 5.41) is 2.58. The van der Waals surface area contributed by atoms with E-state index < -0.39 is 11.7 Å². The molecule has 0 aromatic rings. The van der Waals surface area contributed by atoms with Crippen LogP contribution in [-0.2, 0) is 14.3 Å². The zero-order chi connectivity index (χ0) is 12.3. The lowest BCUT2D eigenvalue weighted by Crippen LogP contribution is -2.36. The molecular formula is C11H19NO4. The first-order valence-corrected chi connectivity index (χ1v) is 5.45. The second-order valence-electron chi connectivity index (χ2n) is 5.08. The number of amides is 1. The van der Waals surface area contributed by atoms with Crippen LogP contribution >= 0.6 is 0 Å². The minimum atomic E-state index is -0.510. The second kappa shape index (κ2) is 4.72. The Kier molecular flexibility index (Phi) is 3.78. The molecule has 0 aliphatic carbocycles. The molecule has 1 amide bonds. The van der Waals surface area contributed by atoms with Crippen LogP contribution in [-0.4, -0.2) is 30.3 Å². The van der Waals surface area contributed by atoms with Crippen molar-refractivity contribution in [3.05, 3.63) is 0 Å². The van der Waals surface area contributed by atoms with Crippen LogP contribution in [0.2, 0.25) is 0 Å². The van der Waals surface area contributed by atoms with Crippen molar-refractivity contribution in [2.45, 2.75) is 45.8 Å². The van der Waals surface area contributed by atoms with Gasteiger partial charge in [-0.25, -0.2) is 4.79 Å². The predicted octanol–water partition coefficient (Wildman–Crippen LogP) is 1.46. The van der Waals surface area contributed by atoms with Crippen LogP contribution in [0.4, 0.5) is 4.79 Å². The molecule has 92 valence electrons. The Morgan fingerprint density at radius 1 is 1.56 bits per heavy atom. The van der Waals surface area contributed by atoms with Gasteiger partial charge in [-0.2, -0.15) is 0 Å². The molecule has 1 heterocycles. The van der Waals surface area contributed by atoms with E-state index in [1.807, 2.05) is 6.92 Å². The Hall–Kier alpha value is -1.26. The molecule has 1 N–H and O–H groups in total. The Morgan fingerprint density at radius 2 is 2.19 bits per heavy atom. The van der Waals surface area contributed by atoms with Gasteiger partial charge in [-0.3, -0.25) is 4.79 Å². The largest absolute Gasteiger partial charge is 0.460 e. The van der Waals surface area contributed by atoms with Gasteiger partial charge in [-0.15, -0.1) is 0 Å². The van der Waals surface area contributed by atoms with Gasteiger partial charge in [0.15, 0.2) is 0 Å². The number of alkyl carbamates (subject to hydrolysis) is 1. The van der Waals surface area contributed by atoms with Crippen molar-refractivity contribution in [2.75, 3.05) is 6.54 Å². The Morgan fingerprint density at radius 3 is 2.62 bits per heavy atom. The van der Waals surface area contributed by atoms with Gasteiger partial charge in [0.25, 0.3) is 0 Å². The number of carbonyl (C=O) groups excluding carboxylic acids is 2. The molecule has 1 aliphatic rings. The number of esters is 1. The molecule has 1 fully saturated rings. The van der Waals surface area contributed by atoms with Gasteiger partial charge in [-0.1, -0.05) is 6.92 Å². The molecule has 5 heteroatoms. The van der Waals surface area contributed by atoms with Crippen molar-refractivity contribution < 1.29 is 19.1 Å². The monoisotopic (exact) mass is 229 g/mol. The number of cyclic esters (lactones) is 1. The number of nitrogens with one attached hydrogen (secondary N) is 1. The van der Waals surface area contributed by atoms with Crippen LogP contribution in [0.3, 0.4) is 0 Å². The molecule has 0 spiro atoms. The highest BCUT2D eigenvalue weighted by Crippen LogP contribution is 2.19. The lowest BCUT2D eigenvalue weighted by atomic mass is 10.1. The van der Waals surface area contributed by atoms with Gasteiger partial charge < -0.3 is 14.8 Å². The van der Waals surface area contributed by atoms with Gasteiger partial charge in [0.05, 0.1) is 12.5 Å². The summed E-state index contributed by atoms with van der Waals surface area (Å²) < 4.78 is 10.1. The summed E-state index contributed by atoms with van der Waals surface area (Å²) in [6, 6.07) is 0. The lowest BCUT2D eigenvalue weighted by Gasteiger charge is -2.20. The van der Waals surface area contributed by atoms with Crippen LogP contribution in [0.15, 0.2) is 0 Å². The molecular weight excluding hydrogens is 210 g/mol. The van der Waals surface area contributed by atoms with Gasteiger partial charge in [0, 0.05) is 0 Å². The maximum absolute atomic E-state index is 11.3. The number of hydrogen-bond acceptors (Lipinski definition) is 4. The summed E-state index contributed by atoms with van der Waals surface area (Å²) >= 11 is 0. The van der Waals surface area contributed by atoms with Crippen molar-refractivity contribution in [1.29, 1.82) is 0 Å². The van der Waals surface area contributed by atoms with E-state index in [9.17, 15) is 9.59 Å². The van der Waals surface area contributed by atoms with E-state index in [1.165, 1.54) is 0 Å². The quantitative estimate of drug-likeness (QED) is 0.728. The van der Waals surface area contributed by atoms with Crippen molar-refractivity contribution in [2.24, 2.45) is 5.92 Å². The Labute approximate surface area is 95.5 Å². The number of hydrogen-bond donors (Lipinski definition) is 1. The summed E-state index contributed by atoms with van der Waals surface area (Å²) in [6.45, 7) is 7.51. The number of rotatable bonds is 2. The molecule has 16 heavy (non-hydrogen) atoms. The van der Waals surface area contributed by atoms with Crippen LogP contribution in [0.25, 0.3) is 0 Å². The molecule has 0 bridgehead atoms. The highest BCUT2D eigenvalue weighted by atomic mass is 16.6. The minimum Gasteiger partial charge on any atom is -0.460 e. The molecule has 1 rings (SSSR count). The average molecular weight is 229 g/mol. The third-order valence-corrected chi connectivity index (χ3v) is 2.17. The standard InChI is InChI=1S/C11H19NO4/c1-7-5-8(15-9(7)13)6-12-10(14)16-11(2,3)4/h7-8H,5-6H2,1-4H3,(H,12,14)/t7-,8-/m0/s1. The van der Waals surface area contributed by atoms with E-state index >= 15 is 0 Å². The van der Waals surface area contributed by atoms with Crippen molar-refractivity contribution >= 4 is 12.1 Å². The maximum Gasteiger partial charge on any atom is 0.407 e. The fourth-order valence-corrected chi connectivity index (χ4v) is 1.46. The summed E-state index contributed by atoms with van der Waals surface area (Å²) in [6.07, 6.45) is -0.0626. The van der Waals surface area contributed by atoms with Gasteiger partial charge >= 0.3 is 12.1 Å². The van der Waals surface area contributed by atoms with Crippen molar-refractivity contribution in [3.8, 4) is 0 Å². The van der Waals surface area contributed by atoms with E-state index in [0.29, 0.717) is 13.0 Å². The van der Waals surface area contributed by atoms with E-state index in [-0.39, 0.29) is 18.0 Å². The van der Waals surface area contributed by atoms with Crippen LogP contribution in [0, 0.1) is 5.92 Å². The maximum atomic E-state index is 11.3. The highest BCUT2D eigenvalue weighted by molar-refractivity contribution is 5.74. The summed E-state index contributed by atoms with van der Waals surface area (Å²) in [7, 11) is 0. The first-order valence-electron chi connectivity index (χ1n) is 5.45. The summed E-state index contributed by atoms with van der Waals surface area (Å²) in [5.41, 5.74) is -0.510. The zero-order valence-corrected chi connectivity index (χ0v) is 10.2. The first kappa shape index (κ1) is 12.8. The Bertz CT molecular complexity index is 282. The lowest BCUT2D eigenvalue weighted by molar-refractivity contribution is -0.143. The predicted molar refractivity (Wildman–Crippen MR) is 57.9 cm³/mol. The minimum absolute atomic E-state index is 0.0783. The topological polar surface area (TPSA) is 64.6 Å². The molecule has 0 unspecified atom stereocenters. The van der Waals surface area contributed by atoms with E-state index in [0.717, 1.165) is 0 Å². The normalized spacial score (nSPS) is 25.1. The fourth-order valence-electron chi connectivity index (χ4n) is 1.46. The average Bonchev–Trinajstić information content (AvgIpc) is 2.40. The number of carbonyl (C=O) groups is 2. The van der Waals surface area contributed by atoms with Crippen LogP contribution in [0.1, 0.15) is 34.1 Å². The van der Waals surface area contributed by atoms with Gasteiger partial charge in [0.1, 0.15) is 11.7 Å². The number of ether oxygens (including phenoxy) is 2. The molecule has 0 radical (unpaired) electrons. The third-order valence-electron chi connectivity index (χ3n) is 2.17. The third kappa shape index (κ3) is 4.08. The molecule has 0 aromatic heterocycles. The molecule has 2 atom stereocenters. The Balaban J connectivity index is 2.26. The summed E-state index contributed by atoms with van der Waals surface area (Å²) in [4.78, 5) is 22.4. The molecule has 5 nitrogen and oxygen atoms in total. The SMILES string of the molecule is C[C@H]1C[C@@H](CNC(=O)OC(C)(C)C)OC1=O. The van der Waals surface area contributed by atoms with E-state index in [1.54, 1.807) is 20.8 Å². The smallest absolute Gasteiger partial charge is 0.407 e. The molecule has 0 saturated carbocycles. The zero-order valence-electron chi connectivity index (χ0n) is 10.2. The summed E-state index contributed by atoms with van der Waals surface area (Å²) in [5.74, 6) is -0.276. The van der Waals surface area contributed by atoms with Crippen LogP contribution in [0.5, 0.6) is 0 Å². The van der Waals surface area contributed by atoms with E-state index in [2.05, 4.69) is 5.32 Å². The van der Waals surface area contributed by atoms with Crippen molar-refractivity contribution in [1.82, 2.24) is 5.32 Å². The molecule has 1 aliphatic heterocycles. The van der Waals surface area contributed by atoms with Crippen LogP contribution < -0.4 is 5.32 Å². The van der Waals surface area contributed by atoms with E-state index in [4.69, 9.17) is 9.47 Å². The fraction of sp³-hybridized carbons (Fsp3) is 0.818. The van der Waals surface area contributed by atoms with Crippen molar-refractivity contribution in [3.63, 3.8) is 0 Å². The second-order valence-corrected chi connectivity index (χ2v) is 5.08. The first-order chi connectivity index (χ1) is 7.28. The highest BCUT2D eigenvalue weighted by Gasteiger charge is 2.31. The molecule has 0 aromatic carbocycles.